The van der Waals surface area contributed by atoms with Crippen molar-refractivity contribution in [1.82, 2.24) is 19.9 Å². The zero-order chi connectivity index (χ0) is 17.9. The number of aryl methyl sites for hydroxylation is 2. The highest BCUT2D eigenvalue weighted by Crippen LogP contribution is 2.23. The average molecular weight is 353 g/mol. The topological polar surface area (TPSA) is 63.2 Å². The largest absolute Gasteiger partial charge is 0.378 e. The summed E-state index contributed by atoms with van der Waals surface area (Å²) in [5, 5.41) is 3.52. The Morgan fingerprint density at radius 3 is 2.69 bits per heavy atom. The van der Waals surface area contributed by atoms with Gasteiger partial charge in [-0.15, -0.1) is 0 Å². The summed E-state index contributed by atoms with van der Waals surface area (Å²) in [6, 6.07) is 6.69. The summed E-state index contributed by atoms with van der Waals surface area (Å²) in [7, 11) is 0. The maximum atomic E-state index is 5.77. The molecule has 0 spiro atoms. The van der Waals surface area contributed by atoms with Gasteiger partial charge in [0.1, 0.15) is 0 Å². The van der Waals surface area contributed by atoms with E-state index in [1.165, 1.54) is 32.4 Å². The van der Waals surface area contributed by atoms with Crippen molar-refractivity contribution in [2.45, 2.75) is 45.2 Å². The molecule has 0 bridgehead atoms. The van der Waals surface area contributed by atoms with E-state index in [0.717, 1.165) is 29.3 Å². The molecule has 138 valence electrons. The Morgan fingerprint density at radius 1 is 1.04 bits per heavy atom. The third-order valence-corrected chi connectivity index (χ3v) is 5.38. The van der Waals surface area contributed by atoms with E-state index in [1.54, 1.807) is 0 Å². The van der Waals surface area contributed by atoms with E-state index in [1.807, 2.05) is 32.2 Å². The molecule has 4 heterocycles. The number of hydrogen-bond acceptors (Lipinski definition) is 6. The second-order valence-corrected chi connectivity index (χ2v) is 7.30. The zero-order valence-electron chi connectivity index (χ0n) is 15.6. The third kappa shape index (κ3) is 3.71. The van der Waals surface area contributed by atoms with Crippen LogP contribution in [0.25, 0.3) is 11.3 Å². The first kappa shape index (κ1) is 17.4. The Kier molecular flexibility index (Phi) is 5.13. The highest BCUT2D eigenvalue weighted by atomic mass is 16.5. The van der Waals surface area contributed by atoms with Crippen LogP contribution in [-0.2, 0) is 4.74 Å². The van der Waals surface area contributed by atoms with Crippen LogP contribution in [0.1, 0.15) is 30.7 Å². The van der Waals surface area contributed by atoms with E-state index in [4.69, 9.17) is 9.72 Å². The molecule has 1 N–H and O–H groups in total. The van der Waals surface area contributed by atoms with Crippen molar-refractivity contribution in [2.24, 2.45) is 0 Å². The molecule has 0 amide bonds. The maximum Gasteiger partial charge on any atom is 0.223 e. The number of rotatable bonds is 4. The molecule has 0 saturated carbocycles. The van der Waals surface area contributed by atoms with Gasteiger partial charge in [-0.3, -0.25) is 9.88 Å². The van der Waals surface area contributed by atoms with Gasteiger partial charge in [0, 0.05) is 23.1 Å². The summed E-state index contributed by atoms with van der Waals surface area (Å²) in [5.41, 5.74) is 3.97. The van der Waals surface area contributed by atoms with Crippen LogP contribution >= 0.6 is 0 Å². The minimum absolute atomic E-state index is 0.237. The quantitative estimate of drug-likeness (QED) is 0.912. The van der Waals surface area contributed by atoms with E-state index < -0.39 is 0 Å². The fraction of sp³-hybridized carbons (Fsp3) is 0.550. The van der Waals surface area contributed by atoms with E-state index in [-0.39, 0.29) is 6.04 Å². The summed E-state index contributed by atoms with van der Waals surface area (Å²) >= 11 is 0. The molecule has 2 saturated heterocycles. The Bertz CT molecular complexity index is 760. The molecule has 2 fully saturated rings. The van der Waals surface area contributed by atoms with E-state index in [0.29, 0.717) is 18.6 Å². The van der Waals surface area contributed by atoms with Crippen LogP contribution in [0.2, 0.25) is 0 Å². The van der Waals surface area contributed by atoms with Gasteiger partial charge in [0.05, 0.1) is 31.0 Å². The molecular formula is C20H27N5O. The minimum Gasteiger partial charge on any atom is -0.378 e. The van der Waals surface area contributed by atoms with Crippen LogP contribution < -0.4 is 5.32 Å². The first-order chi connectivity index (χ1) is 12.7. The molecule has 0 unspecified atom stereocenters. The van der Waals surface area contributed by atoms with E-state index in [2.05, 4.69) is 26.3 Å². The van der Waals surface area contributed by atoms with E-state index >= 15 is 0 Å². The van der Waals surface area contributed by atoms with Crippen molar-refractivity contribution >= 4 is 5.95 Å². The van der Waals surface area contributed by atoms with Gasteiger partial charge in [0.25, 0.3) is 0 Å². The number of anilines is 1. The molecule has 2 atom stereocenters. The molecule has 6 heteroatoms. The number of piperidine rings is 1. The molecular weight excluding hydrogens is 326 g/mol. The standard InChI is InChI=1S/C20H27N5O/c1-14-6-7-16(15(2)22-14)17-8-9-21-20(23-17)24-18-12-26-13-19(18)25-10-4-3-5-11-25/h6-9,18-19H,3-5,10-13H2,1-2H3,(H,21,23,24)/t18-,19-/m0/s1. The number of aromatic nitrogens is 3. The molecule has 6 nitrogen and oxygen atoms in total. The zero-order valence-corrected chi connectivity index (χ0v) is 15.6. The van der Waals surface area contributed by atoms with Crippen molar-refractivity contribution in [3.8, 4) is 11.3 Å². The van der Waals surface area contributed by atoms with Gasteiger partial charge in [0.15, 0.2) is 0 Å². The Hall–Kier alpha value is -2.05. The first-order valence-electron chi connectivity index (χ1n) is 9.57. The van der Waals surface area contributed by atoms with Gasteiger partial charge in [-0.1, -0.05) is 6.42 Å². The lowest BCUT2D eigenvalue weighted by Crippen LogP contribution is -2.48. The van der Waals surface area contributed by atoms with Crippen LogP contribution in [0.15, 0.2) is 24.4 Å². The summed E-state index contributed by atoms with van der Waals surface area (Å²) in [6.07, 6.45) is 5.73. The number of likely N-dealkylation sites (tertiary alicyclic amines) is 1. The molecule has 4 rings (SSSR count). The van der Waals surface area contributed by atoms with Crippen LogP contribution in [0.5, 0.6) is 0 Å². The van der Waals surface area contributed by atoms with Crippen LogP contribution in [0.3, 0.4) is 0 Å². The molecule has 0 aromatic carbocycles. The van der Waals surface area contributed by atoms with Crippen LogP contribution in [-0.4, -0.2) is 58.2 Å². The number of pyridine rings is 1. The average Bonchev–Trinajstić information content (AvgIpc) is 3.11. The molecule has 2 aromatic heterocycles. The lowest BCUT2D eigenvalue weighted by molar-refractivity contribution is 0.127. The van der Waals surface area contributed by atoms with Crippen molar-refractivity contribution in [2.75, 3.05) is 31.6 Å². The van der Waals surface area contributed by atoms with Crippen LogP contribution in [0, 0.1) is 13.8 Å². The van der Waals surface area contributed by atoms with Crippen molar-refractivity contribution < 1.29 is 4.74 Å². The van der Waals surface area contributed by atoms with Gasteiger partial charge in [-0.05, 0) is 58.0 Å². The SMILES string of the molecule is Cc1ccc(-c2ccnc(N[C@H]3COC[C@@H]3N3CCCCC3)n2)c(C)n1. The van der Waals surface area contributed by atoms with Crippen LogP contribution in [0.4, 0.5) is 5.95 Å². The normalized spacial score (nSPS) is 23.9. The Balaban J connectivity index is 1.51. The summed E-state index contributed by atoms with van der Waals surface area (Å²) in [4.78, 5) is 16.3. The second-order valence-electron chi connectivity index (χ2n) is 7.30. The van der Waals surface area contributed by atoms with Crippen molar-refractivity contribution in [3.05, 3.63) is 35.8 Å². The molecule has 26 heavy (non-hydrogen) atoms. The molecule has 2 aliphatic rings. The highest BCUT2D eigenvalue weighted by Gasteiger charge is 2.34. The van der Waals surface area contributed by atoms with Crippen molar-refractivity contribution in [3.63, 3.8) is 0 Å². The molecule has 2 aromatic rings. The van der Waals surface area contributed by atoms with E-state index in [9.17, 15) is 0 Å². The maximum absolute atomic E-state index is 5.77. The lowest BCUT2D eigenvalue weighted by Gasteiger charge is -2.34. The third-order valence-electron chi connectivity index (χ3n) is 5.38. The van der Waals surface area contributed by atoms with Gasteiger partial charge in [-0.2, -0.15) is 0 Å². The molecule has 0 aliphatic carbocycles. The lowest BCUT2D eigenvalue weighted by atomic mass is 10.1. The molecule has 2 aliphatic heterocycles. The molecule has 0 radical (unpaired) electrons. The summed E-state index contributed by atoms with van der Waals surface area (Å²) < 4.78 is 5.77. The predicted octanol–water partition coefficient (Wildman–Crippen LogP) is 2.82. The monoisotopic (exact) mass is 353 g/mol. The van der Waals surface area contributed by atoms with Gasteiger partial charge in [0.2, 0.25) is 5.95 Å². The number of nitrogens with one attached hydrogen (secondary N) is 1. The van der Waals surface area contributed by atoms with Gasteiger partial charge in [-0.25, -0.2) is 9.97 Å². The highest BCUT2D eigenvalue weighted by molar-refractivity contribution is 5.62. The fourth-order valence-corrected chi connectivity index (χ4v) is 3.99. The minimum atomic E-state index is 0.237. The number of nitrogens with zero attached hydrogens (tertiary/aromatic N) is 4. The van der Waals surface area contributed by atoms with Crippen molar-refractivity contribution in [1.29, 1.82) is 0 Å². The Morgan fingerprint density at radius 2 is 1.88 bits per heavy atom. The second kappa shape index (κ2) is 7.68. The summed E-state index contributed by atoms with van der Waals surface area (Å²) in [5.74, 6) is 0.667. The fourth-order valence-electron chi connectivity index (χ4n) is 3.99. The predicted molar refractivity (Wildman–Crippen MR) is 102 cm³/mol. The number of ether oxygens (including phenoxy) is 1. The first-order valence-corrected chi connectivity index (χ1v) is 9.57. The van der Waals surface area contributed by atoms with Gasteiger partial charge >= 0.3 is 0 Å². The Labute approximate surface area is 155 Å². The summed E-state index contributed by atoms with van der Waals surface area (Å²) in [6.45, 7) is 7.86. The number of hydrogen-bond donors (Lipinski definition) is 1. The van der Waals surface area contributed by atoms with Gasteiger partial charge < -0.3 is 10.1 Å². The smallest absolute Gasteiger partial charge is 0.223 e.